The van der Waals surface area contributed by atoms with Crippen LogP contribution in [0.25, 0.3) is 106 Å². The molecule has 7 nitrogen and oxygen atoms in total. The second kappa shape index (κ2) is 14.8. The van der Waals surface area contributed by atoms with E-state index in [1.54, 1.807) is 0 Å². The number of hydrogen-bond donors (Lipinski definition) is 0. The lowest BCUT2D eigenvalue weighted by Gasteiger charge is -2.32. The Hall–Kier alpha value is -8.94. The van der Waals surface area contributed by atoms with Crippen molar-refractivity contribution >= 4 is 44.2 Å². The van der Waals surface area contributed by atoms with Gasteiger partial charge in [0.05, 0.1) is 11.0 Å². The highest BCUT2D eigenvalue weighted by Crippen LogP contribution is 2.51. The third-order valence-electron chi connectivity index (χ3n) is 13.7. The van der Waals surface area contributed by atoms with Gasteiger partial charge in [0.25, 0.3) is 0 Å². The number of allylic oxidation sites excluding steroid dienone is 4. The number of fused-ring (bicyclic) bond motifs is 11. The van der Waals surface area contributed by atoms with Crippen LogP contribution < -0.4 is 0 Å². The SMILES string of the molecule is C1=C(c2ccc3c(c2)c2ccccc2n3-c2cc(-c3nc4c(-c5ccccc5)cccn4n3)cc(-c3nc4c(-c5ccccc5)cccn4n3)c2)C=C2c3ccccc3-c3ccccc3C2C1. The molecule has 1 atom stereocenters. The highest BCUT2D eigenvalue weighted by atomic mass is 15.3. The highest BCUT2D eigenvalue weighted by molar-refractivity contribution is 6.11. The first-order valence-electron chi connectivity index (χ1n) is 22.8. The molecule has 2 aliphatic carbocycles. The molecule has 12 aromatic rings. The molecular weight excluding hydrogens is 819 g/mol. The maximum atomic E-state index is 5.24. The second-order valence-electron chi connectivity index (χ2n) is 17.5. The zero-order valence-electron chi connectivity index (χ0n) is 36.2. The van der Waals surface area contributed by atoms with Gasteiger partial charge < -0.3 is 4.57 Å². The summed E-state index contributed by atoms with van der Waals surface area (Å²) >= 11 is 0. The zero-order valence-corrected chi connectivity index (χ0v) is 36.2. The zero-order chi connectivity index (χ0) is 44.0. The van der Waals surface area contributed by atoms with Crippen LogP contribution in [0.1, 0.15) is 29.0 Å². The summed E-state index contributed by atoms with van der Waals surface area (Å²) in [5, 5.41) is 12.6. The molecule has 7 aromatic carbocycles. The lowest BCUT2D eigenvalue weighted by molar-refractivity contribution is 0.871. The van der Waals surface area contributed by atoms with Gasteiger partial charge in [-0.1, -0.05) is 146 Å². The minimum Gasteiger partial charge on any atom is -0.309 e. The maximum absolute atomic E-state index is 5.24. The molecule has 0 saturated carbocycles. The van der Waals surface area contributed by atoms with Crippen LogP contribution in [-0.4, -0.2) is 33.8 Å². The van der Waals surface area contributed by atoms with Crippen LogP contribution in [0.4, 0.5) is 0 Å². The predicted octanol–water partition coefficient (Wildman–Crippen LogP) is 14.2. The molecule has 67 heavy (non-hydrogen) atoms. The summed E-state index contributed by atoms with van der Waals surface area (Å²) in [6, 6.07) is 69.0. The van der Waals surface area contributed by atoms with E-state index in [9.17, 15) is 0 Å². The van der Waals surface area contributed by atoms with Crippen molar-refractivity contribution in [3.8, 4) is 61.8 Å². The average Bonchev–Trinajstić information content (AvgIpc) is 4.14. The summed E-state index contributed by atoms with van der Waals surface area (Å²) < 4.78 is 6.13. The van der Waals surface area contributed by atoms with E-state index in [-0.39, 0.29) is 0 Å². The number of aromatic nitrogens is 7. The highest BCUT2D eigenvalue weighted by Gasteiger charge is 2.30. The van der Waals surface area contributed by atoms with E-state index in [4.69, 9.17) is 20.2 Å². The second-order valence-corrected chi connectivity index (χ2v) is 17.5. The summed E-state index contributed by atoms with van der Waals surface area (Å²) in [4.78, 5) is 10.5. The van der Waals surface area contributed by atoms with E-state index >= 15 is 0 Å². The molecule has 1 unspecified atom stereocenters. The largest absolute Gasteiger partial charge is 0.309 e. The van der Waals surface area contributed by atoms with Crippen LogP contribution in [0.15, 0.2) is 219 Å². The van der Waals surface area contributed by atoms with Crippen molar-refractivity contribution in [3.05, 3.63) is 235 Å². The van der Waals surface area contributed by atoms with Crippen molar-refractivity contribution in [2.24, 2.45) is 0 Å². The Balaban J connectivity index is 0.946. The lowest BCUT2D eigenvalue weighted by atomic mass is 9.71. The molecule has 314 valence electrons. The first-order valence-corrected chi connectivity index (χ1v) is 22.8. The van der Waals surface area contributed by atoms with E-state index < -0.39 is 0 Å². The van der Waals surface area contributed by atoms with Crippen molar-refractivity contribution in [2.45, 2.75) is 12.3 Å². The Morgan fingerprint density at radius 2 is 0.985 bits per heavy atom. The van der Waals surface area contributed by atoms with Gasteiger partial charge in [0, 0.05) is 57.0 Å². The maximum Gasteiger partial charge on any atom is 0.182 e. The van der Waals surface area contributed by atoms with Crippen LogP contribution >= 0.6 is 0 Å². The number of pyridine rings is 2. The fourth-order valence-electron chi connectivity index (χ4n) is 10.6. The van der Waals surface area contributed by atoms with E-state index in [1.165, 1.54) is 49.7 Å². The Labute approximate surface area is 385 Å². The Bertz CT molecular complexity index is 3880. The van der Waals surface area contributed by atoms with Crippen molar-refractivity contribution in [3.63, 3.8) is 0 Å². The molecule has 5 aromatic heterocycles. The lowest BCUT2D eigenvalue weighted by Crippen LogP contribution is -2.12. The summed E-state index contributed by atoms with van der Waals surface area (Å²) in [6.45, 7) is 0. The molecule has 0 saturated heterocycles. The summed E-state index contributed by atoms with van der Waals surface area (Å²) in [6.07, 6.45) is 9.76. The summed E-state index contributed by atoms with van der Waals surface area (Å²) in [5.41, 5.74) is 20.0. The van der Waals surface area contributed by atoms with Crippen LogP contribution in [-0.2, 0) is 0 Å². The monoisotopic (exact) mass is 857 g/mol. The van der Waals surface area contributed by atoms with Crippen LogP contribution in [0, 0.1) is 0 Å². The summed E-state index contributed by atoms with van der Waals surface area (Å²) in [5.74, 6) is 1.57. The van der Waals surface area contributed by atoms with Gasteiger partial charge in [-0.15, -0.1) is 10.2 Å². The Morgan fingerprint density at radius 3 is 1.67 bits per heavy atom. The van der Waals surface area contributed by atoms with Gasteiger partial charge in [-0.25, -0.2) is 19.0 Å². The summed E-state index contributed by atoms with van der Waals surface area (Å²) in [7, 11) is 0. The molecule has 7 heteroatoms. The smallest absolute Gasteiger partial charge is 0.182 e. The van der Waals surface area contributed by atoms with Gasteiger partial charge in [-0.05, 0) is 117 Å². The van der Waals surface area contributed by atoms with Gasteiger partial charge in [-0.2, -0.15) is 0 Å². The average molecular weight is 858 g/mol. The predicted molar refractivity (Wildman–Crippen MR) is 271 cm³/mol. The minimum absolute atomic E-state index is 0.335. The topological polar surface area (TPSA) is 65.3 Å². The molecule has 2 aliphatic rings. The van der Waals surface area contributed by atoms with Gasteiger partial charge in [0.2, 0.25) is 0 Å². The molecular formula is C60H39N7. The molecule has 0 fully saturated rings. The Kier molecular flexibility index (Phi) is 8.27. The number of nitrogens with zero attached hydrogens (tertiary/aromatic N) is 7. The molecule has 0 bridgehead atoms. The molecule has 0 amide bonds. The van der Waals surface area contributed by atoms with Crippen LogP contribution in [0.2, 0.25) is 0 Å². The quantitative estimate of drug-likeness (QED) is 0.167. The normalized spacial score (nSPS) is 14.2. The number of hydrogen-bond acceptors (Lipinski definition) is 4. The van der Waals surface area contributed by atoms with Gasteiger partial charge in [0.1, 0.15) is 0 Å². The van der Waals surface area contributed by atoms with Crippen molar-refractivity contribution in [1.29, 1.82) is 0 Å². The van der Waals surface area contributed by atoms with Gasteiger partial charge in [0.15, 0.2) is 22.9 Å². The molecule has 5 heterocycles. The van der Waals surface area contributed by atoms with Gasteiger partial charge >= 0.3 is 0 Å². The van der Waals surface area contributed by atoms with E-state index in [2.05, 4.69) is 187 Å². The third kappa shape index (κ3) is 5.98. The fourth-order valence-corrected chi connectivity index (χ4v) is 10.6. The Morgan fingerprint density at radius 1 is 0.418 bits per heavy atom. The van der Waals surface area contributed by atoms with E-state index in [0.29, 0.717) is 17.6 Å². The van der Waals surface area contributed by atoms with Crippen molar-refractivity contribution < 1.29 is 0 Å². The van der Waals surface area contributed by atoms with Crippen molar-refractivity contribution in [2.75, 3.05) is 0 Å². The fraction of sp³-hybridized carbons (Fsp3) is 0.0333. The van der Waals surface area contributed by atoms with E-state index in [0.717, 1.165) is 67.8 Å². The van der Waals surface area contributed by atoms with Crippen molar-refractivity contribution in [1.82, 2.24) is 33.8 Å². The number of benzene rings is 7. The number of para-hydroxylation sites is 1. The molecule has 0 N–H and O–H groups in total. The van der Waals surface area contributed by atoms with Gasteiger partial charge in [-0.3, -0.25) is 0 Å². The molecule has 0 radical (unpaired) electrons. The first kappa shape index (κ1) is 37.4. The first-order chi connectivity index (χ1) is 33.2. The van der Waals surface area contributed by atoms with Crippen LogP contribution in [0.3, 0.4) is 0 Å². The van der Waals surface area contributed by atoms with E-state index in [1.807, 2.05) is 45.7 Å². The van der Waals surface area contributed by atoms with Crippen LogP contribution in [0.5, 0.6) is 0 Å². The standard InChI is InChI=1S/C60H39N7/c1-3-15-38(16-4-1)45-24-13-31-65-59(45)61-57(63-65)42-33-43(58-62-60-46(25-14-32-66(60)64-58)39-17-5-2-6-18-39)35-44(34-42)67-55-26-12-11-23-52(55)54-37-41(28-30-56(54)67)40-27-29-51-49-21-8-7-19-47(49)48-20-9-10-22-50(48)53(51)36-40/h1-28,30-37,51H,29H2. The minimum atomic E-state index is 0.335. The third-order valence-corrected chi connectivity index (χ3v) is 13.7. The number of rotatable bonds is 6. The molecule has 0 spiro atoms. The molecule has 0 aliphatic heterocycles. The molecule has 14 rings (SSSR count).